The van der Waals surface area contributed by atoms with Gasteiger partial charge in [0.05, 0.1) is 24.0 Å². The highest BCUT2D eigenvalue weighted by Gasteiger charge is 2.50. The summed E-state index contributed by atoms with van der Waals surface area (Å²) in [4.78, 5) is 6.17. The van der Waals surface area contributed by atoms with E-state index >= 15 is 4.39 Å². The fraction of sp³-hybridized carbons (Fsp3) is 0.429. The summed E-state index contributed by atoms with van der Waals surface area (Å²) in [5, 5.41) is 14.9. The third-order valence-electron chi connectivity index (χ3n) is 5.63. The van der Waals surface area contributed by atoms with Gasteiger partial charge >= 0.3 is 6.61 Å². The summed E-state index contributed by atoms with van der Waals surface area (Å²) in [6.07, 6.45) is 1.80. The van der Waals surface area contributed by atoms with E-state index in [-0.39, 0.29) is 18.7 Å². The van der Waals surface area contributed by atoms with Crippen LogP contribution in [0.1, 0.15) is 25.8 Å². The maximum atomic E-state index is 15.2. The molecule has 1 N–H and O–H groups in total. The van der Waals surface area contributed by atoms with Gasteiger partial charge in [-0.05, 0) is 44.5 Å². The molecule has 0 radical (unpaired) electrons. The minimum atomic E-state index is -2.92. The second kappa shape index (κ2) is 7.16. The molecule has 1 unspecified atom stereocenters. The maximum Gasteiger partial charge on any atom is 0.387 e. The minimum Gasteiger partial charge on any atom is -0.435 e. The smallest absolute Gasteiger partial charge is 0.387 e. The van der Waals surface area contributed by atoms with E-state index in [1.807, 2.05) is 17.9 Å². The molecule has 2 aromatic heterocycles. The van der Waals surface area contributed by atoms with Crippen molar-refractivity contribution in [3.8, 4) is 17.0 Å². The van der Waals surface area contributed by atoms with Crippen LogP contribution in [0.15, 0.2) is 36.5 Å². The first-order valence-electron chi connectivity index (χ1n) is 9.64. The molecule has 0 bridgehead atoms. The van der Waals surface area contributed by atoms with E-state index in [9.17, 15) is 13.9 Å². The lowest BCUT2D eigenvalue weighted by molar-refractivity contribution is -0.0649. The van der Waals surface area contributed by atoms with Gasteiger partial charge in [-0.25, -0.2) is 13.9 Å². The maximum absolute atomic E-state index is 15.2. The lowest BCUT2D eigenvalue weighted by Crippen LogP contribution is -2.48. The molecule has 3 aromatic rings. The number of imidazole rings is 1. The van der Waals surface area contributed by atoms with E-state index in [0.29, 0.717) is 29.3 Å². The average Bonchev–Trinajstić information content (AvgIpc) is 3.24. The molecule has 9 heteroatoms. The van der Waals surface area contributed by atoms with E-state index in [4.69, 9.17) is 0 Å². The monoisotopic (exact) mass is 420 g/mol. The molecule has 1 aliphatic heterocycles. The van der Waals surface area contributed by atoms with E-state index < -0.39 is 17.9 Å². The zero-order valence-electron chi connectivity index (χ0n) is 16.9. The predicted molar refractivity (Wildman–Crippen MR) is 107 cm³/mol. The number of aryl methyl sites for hydroxylation is 1. The van der Waals surface area contributed by atoms with Crippen molar-refractivity contribution in [1.82, 2.24) is 14.6 Å². The number of hydrogen-bond donors (Lipinski definition) is 1. The van der Waals surface area contributed by atoms with E-state index in [0.717, 1.165) is 5.56 Å². The lowest BCUT2D eigenvalue weighted by atomic mass is 9.87. The quantitative estimate of drug-likeness (QED) is 0.676. The van der Waals surface area contributed by atoms with Crippen LogP contribution in [0.4, 0.5) is 19.0 Å². The molecule has 1 aliphatic rings. The van der Waals surface area contributed by atoms with Crippen molar-refractivity contribution in [2.75, 3.05) is 18.0 Å². The molecule has 4 rings (SSSR count). The number of rotatable bonds is 5. The van der Waals surface area contributed by atoms with Gasteiger partial charge in [-0.3, -0.25) is 0 Å². The Morgan fingerprint density at radius 3 is 2.70 bits per heavy atom. The Bertz CT molecular complexity index is 1080. The van der Waals surface area contributed by atoms with Crippen LogP contribution in [-0.2, 0) is 0 Å². The number of hydrogen-bond acceptors (Lipinski definition) is 5. The van der Waals surface area contributed by atoms with Crippen molar-refractivity contribution >= 4 is 11.5 Å². The van der Waals surface area contributed by atoms with Gasteiger partial charge in [-0.2, -0.15) is 8.78 Å². The van der Waals surface area contributed by atoms with Crippen LogP contribution in [0.3, 0.4) is 0 Å². The lowest BCUT2D eigenvalue weighted by Gasteiger charge is -2.33. The Balaban J connectivity index is 1.73. The van der Waals surface area contributed by atoms with E-state index in [2.05, 4.69) is 14.8 Å². The number of fused-ring (bicyclic) bond motifs is 1. The first-order valence-corrected chi connectivity index (χ1v) is 9.64. The summed E-state index contributed by atoms with van der Waals surface area (Å²) in [5.74, 6) is 0.627. The number of anilines is 1. The van der Waals surface area contributed by atoms with Crippen molar-refractivity contribution in [2.45, 2.75) is 45.1 Å². The molecule has 30 heavy (non-hydrogen) atoms. The van der Waals surface area contributed by atoms with E-state index in [1.54, 1.807) is 22.8 Å². The number of alkyl halides is 3. The van der Waals surface area contributed by atoms with Gasteiger partial charge in [0.2, 0.25) is 0 Å². The summed E-state index contributed by atoms with van der Waals surface area (Å²) in [6.45, 7) is 2.35. The highest BCUT2D eigenvalue weighted by Crippen LogP contribution is 2.38. The molecular formula is C21H23F3N4O2. The zero-order chi connectivity index (χ0) is 21.7. The first-order chi connectivity index (χ1) is 14.1. The van der Waals surface area contributed by atoms with Gasteiger partial charge in [0, 0.05) is 18.5 Å². The highest BCUT2D eigenvalue weighted by molar-refractivity contribution is 5.66. The Kier molecular flexibility index (Phi) is 4.88. The van der Waals surface area contributed by atoms with Crippen LogP contribution in [0.2, 0.25) is 0 Å². The number of benzene rings is 1. The second-order valence-electron chi connectivity index (χ2n) is 8.17. The SMILES string of the molecule is Cc1cc2ncc(-c3cccc(OC(F)F)c3)n2nc1N1CCC(F)(C(C)(C)O)C1. The molecule has 0 saturated carbocycles. The van der Waals surface area contributed by atoms with E-state index in [1.165, 1.54) is 26.0 Å². The molecule has 1 saturated heterocycles. The van der Waals surface area contributed by atoms with Crippen LogP contribution < -0.4 is 9.64 Å². The summed E-state index contributed by atoms with van der Waals surface area (Å²) < 4.78 is 46.4. The van der Waals surface area contributed by atoms with Crippen LogP contribution in [-0.4, -0.2) is 50.7 Å². The number of halogens is 3. The average molecular weight is 420 g/mol. The Labute approximate surface area is 171 Å². The summed E-state index contributed by atoms with van der Waals surface area (Å²) >= 11 is 0. The fourth-order valence-electron chi connectivity index (χ4n) is 3.79. The molecule has 1 atom stereocenters. The van der Waals surface area contributed by atoms with Crippen LogP contribution in [0.25, 0.3) is 16.9 Å². The molecule has 0 amide bonds. The van der Waals surface area contributed by atoms with Gasteiger partial charge < -0.3 is 14.7 Å². The molecule has 1 fully saturated rings. The van der Waals surface area contributed by atoms with Gasteiger partial charge in [0.1, 0.15) is 5.75 Å². The number of ether oxygens (including phenoxy) is 1. The normalized spacial score (nSPS) is 19.8. The van der Waals surface area contributed by atoms with Gasteiger partial charge in [-0.1, -0.05) is 12.1 Å². The number of aliphatic hydroxyl groups is 1. The van der Waals surface area contributed by atoms with Crippen molar-refractivity contribution in [2.24, 2.45) is 0 Å². The number of nitrogens with zero attached hydrogens (tertiary/aromatic N) is 4. The Morgan fingerprint density at radius 2 is 2.03 bits per heavy atom. The highest BCUT2D eigenvalue weighted by atomic mass is 19.3. The standard InChI is InChI=1S/C21H23F3N4O2/c1-13-9-17-25-11-16(14-5-4-6-15(10-14)30-19(22)23)28(17)26-18(13)27-8-7-21(24,12-27)20(2,3)29/h4-6,9-11,19,29H,7-8,12H2,1-3H3. The van der Waals surface area contributed by atoms with Crippen molar-refractivity contribution in [3.05, 3.63) is 42.1 Å². The Morgan fingerprint density at radius 1 is 1.27 bits per heavy atom. The predicted octanol–water partition coefficient (Wildman–Crippen LogP) is 4.00. The molecular weight excluding hydrogens is 397 g/mol. The second-order valence-corrected chi connectivity index (χ2v) is 8.17. The number of aromatic nitrogens is 3. The van der Waals surface area contributed by atoms with Crippen molar-refractivity contribution in [3.63, 3.8) is 0 Å². The van der Waals surface area contributed by atoms with Crippen molar-refractivity contribution < 1.29 is 23.0 Å². The molecule has 0 spiro atoms. The summed E-state index contributed by atoms with van der Waals surface area (Å²) in [5.41, 5.74) is -0.589. The zero-order valence-corrected chi connectivity index (χ0v) is 16.9. The molecule has 1 aromatic carbocycles. The largest absolute Gasteiger partial charge is 0.435 e. The van der Waals surface area contributed by atoms with Crippen LogP contribution in [0, 0.1) is 6.92 Å². The van der Waals surface area contributed by atoms with Gasteiger partial charge in [-0.15, -0.1) is 5.10 Å². The fourth-order valence-corrected chi connectivity index (χ4v) is 3.79. The molecule has 6 nitrogen and oxygen atoms in total. The molecule has 3 heterocycles. The minimum absolute atomic E-state index is 0.0254. The summed E-state index contributed by atoms with van der Waals surface area (Å²) in [6, 6.07) is 8.15. The third-order valence-corrected chi connectivity index (χ3v) is 5.63. The van der Waals surface area contributed by atoms with Crippen molar-refractivity contribution in [1.29, 1.82) is 0 Å². The molecule has 160 valence electrons. The summed E-state index contributed by atoms with van der Waals surface area (Å²) in [7, 11) is 0. The van der Waals surface area contributed by atoms with Gasteiger partial charge in [0.25, 0.3) is 0 Å². The van der Waals surface area contributed by atoms with Gasteiger partial charge in [0.15, 0.2) is 17.1 Å². The molecule has 0 aliphatic carbocycles. The Hall–Kier alpha value is -2.81. The first kappa shape index (κ1) is 20.5. The third kappa shape index (κ3) is 3.58. The topological polar surface area (TPSA) is 62.9 Å². The van der Waals surface area contributed by atoms with Crippen LogP contribution >= 0.6 is 0 Å². The van der Waals surface area contributed by atoms with Crippen LogP contribution in [0.5, 0.6) is 5.75 Å².